The zero-order valence-electron chi connectivity index (χ0n) is 17.6. The van der Waals surface area contributed by atoms with Gasteiger partial charge < -0.3 is 14.5 Å². The summed E-state index contributed by atoms with van der Waals surface area (Å²) in [5.41, 5.74) is 0.625. The number of hydrogen-bond acceptors (Lipinski definition) is 4. The summed E-state index contributed by atoms with van der Waals surface area (Å²) in [7, 11) is 0. The van der Waals surface area contributed by atoms with Crippen molar-refractivity contribution < 1.29 is 14.3 Å². The summed E-state index contributed by atoms with van der Waals surface area (Å²) in [6, 6.07) is 16.0. The summed E-state index contributed by atoms with van der Waals surface area (Å²) in [6.07, 6.45) is 0.951. The molecule has 0 N–H and O–H groups in total. The van der Waals surface area contributed by atoms with Crippen LogP contribution in [-0.2, 0) is 4.79 Å². The van der Waals surface area contributed by atoms with Gasteiger partial charge in [0.25, 0.3) is 5.91 Å². The highest BCUT2D eigenvalue weighted by atomic mass is 32.1. The van der Waals surface area contributed by atoms with Crippen molar-refractivity contribution in [3.8, 4) is 5.75 Å². The number of carbonyl (C=O) groups excluding carboxylic acids is 2. The number of carbonyl (C=O) groups is 2. The normalized spacial score (nSPS) is 20.7. The topological polar surface area (TPSA) is 49.9 Å². The molecule has 2 heterocycles. The van der Waals surface area contributed by atoms with Crippen LogP contribution in [0.4, 0.5) is 0 Å². The summed E-state index contributed by atoms with van der Waals surface area (Å²) >= 11 is 1.73. The standard InChI is InChI=1S/C25H26N2O3S/c1-2-30-21-10-9-17-6-3-4-7-18(17)23(21)25(29)27-13-11-26(12-14-27)24(28)20-16-19(20)22-8-5-15-31-22/h3-10,15,19-20H,2,11-14,16H2,1H3. The van der Waals surface area contributed by atoms with Crippen molar-refractivity contribution in [3.05, 3.63) is 64.4 Å². The Morgan fingerprint density at radius 2 is 1.77 bits per heavy atom. The fourth-order valence-electron chi connectivity index (χ4n) is 4.56. The highest BCUT2D eigenvalue weighted by Gasteiger charge is 2.46. The van der Waals surface area contributed by atoms with Crippen molar-refractivity contribution in [1.82, 2.24) is 9.80 Å². The fourth-order valence-corrected chi connectivity index (χ4v) is 5.46. The van der Waals surface area contributed by atoms with Crippen molar-refractivity contribution >= 4 is 33.9 Å². The first-order chi connectivity index (χ1) is 15.2. The summed E-state index contributed by atoms with van der Waals surface area (Å²) in [5.74, 6) is 1.35. The maximum atomic E-state index is 13.5. The van der Waals surface area contributed by atoms with Crippen molar-refractivity contribution in [1.29, 1.82) is 0 Å². The molecule has 2 fully saturated rings. The van der Waals surface area contributed by atoms with Crippen LogP contribution < -0.4 is 4.74 Å². The molecule has 160 valence electrons. The minimum atomic E-state index is -0.0183. The Morgan fingerprint density at radius 3 is 2.52 bits per heavy atom. The fraction of sp³-hybridized carbons (Fsp3) is 0.360. The molecule has 2 atom stereocenters. The number of hydrogen-bond donors (Lipinski definition) is 0. The van der Waals surface area contributed by atoms with E-state index in [0.717, 1.165) is 17.2 Å². The first-order valence-electron chi connectivity index (χ1n) is 10.9. The number of piperazine rings is 1. The highest BCUT2D eigenvalue weighted by molar-refractivity contribution is 7.10. The number of benzene rings is 2. The Balaban J connectivity index is 1.28. The monoisotopic (exact) mass is 434 g/mol. The van der Waals surface area contributed by atoms with Crippen molar-refractivity contribution in [3.63, 3.8) is 0 Å². The van der Waals surface area contributed by atoms with Gasteiger partial charge in [0, 0.05) is 42.9 Å². The average molecular weight is 435 g/mol. The Bertz CT molecular complexity index is 1100. The molecule has 2 aliphatic rings. The Morgan fingerprint density at radius 1 is 1.00 bits per heavy atom. The molecule has 1 aliphatic carbocycles. The zero-order chi connectivity index (χ0) is 21.4. The van der Waals surface area contributed by atoms with Gasteiger partial charge in [-0.2, -0.15) is 0 Å². The van der Waals surface area contributed by atoms with E-state index in [2.05, 4.69) is 11.4 Å². The van der Waals surface area contributed by atoms with Gasteiger partial charge in [-0.3, -0.25) is 9.59 Å². The molecule has 5 rings (SSSR count). The third-order valence-electron chi connectivity index (χ3n) is 6.30. The highest BCUT2D eigenvalue weighted by Crippen LogP contribution is 2.50. The van der Waals surface area contributed by atoms with Crippen LogP contribution in [0.5, 0.6) is 5.75 Å². The maximum absolute atomic E-state index is 13.5. The van der Waals surface area contributed by atoms with Crippen LogP contribution in [0.1, 0.15) is 34.5 Å². The minimum absolute atomic E-state index is 0.0183. The molecule has 1 aliphatic heterocycles. The predicted molar refractivity (Wildman–Crippen MR) is 123 cm³/mol. The number of ether oxygens (including phenoxy) is 1. The quantitative estimate of drug-likeness (QED) is 0.599. The molecular formula is C25H26N2O3S. The van der Waals surface area contributed by atoms with Crippen molar-refractivity contribution in [2.24, 2.45) is 5.92 Å². The van der Waals surface area contributed by atoms with Gasteiger partial charge in [0.2, 0.25) is 5.91 Å². The van der Waals surface area contributed by atoms with E-state index in [1.54, 1.807) is 11.3 Å². The molecule has 1 saturated carbocycles. The van der Waals surface area contributed by atoms with Gasteiger partial charge in [-0.25, -0.2) is 0 Å². The number of amides is 2. The lowest BCUT2D eigenvalue weighted by Crippen LogP contribution is -2.51. The van der Waals surface area contributed by atoms with Gasteiger partial charge in [0.05, 0.1) is 12.2 Å². The van der Waals surface area contributed by atoms with Gasteiger partial charge in [0.1, 0.15) is 5.75 Å². The Labute approximate surface area is 186 Å². The van der Waals surface area contributed by atoms with Gasteiger partial charge >= 0.3 is 0 Å². The Hall–Kier alpha value is -2.86. The van der Waals surface area contributed by atoms with Gasteiger partial charge in [-0.15, -0.1) is 11.3 Å². The van der Waals surface area contributed by atoms with E-state index in [4.69, 9.17) is 4.74 Å². The van der Waals surface area contributed by atoms with E-state index >= 15 is 0 Å². The smallest absolute Gasteiger partial charge is 0.258 e. The van der Waals surface area contributed by atoms with Gasteiger partial charge in [-0.05, 0) is 41.6 Å². The van der Waals surface area contributed by atoms with Crippen LogP contribution in [-0.4, -0.2) is 54.4 Å². The lowest BCUT2D eigenvalue weighted by Gasteiger charge is -2.35. The zero-order valence-corrected chi connectivity index (χ0v) is 18.4. The van der Waals surface area contributed by atoms with Crippen LogP contribution in [0.25, 0.3) is 10.8 Å². The van der Waals surface area contributed by atoms with Crippen molar-refractivity contribution in [2.75, 3.05) is 32.8 Å². The average Bonchev–Trinajstić information content (AvgIpc) is 3.42. The lowest BCUT2D eigenvalue weighted by molar-refractivity contribution is -0.134. The molecule has 0 bridgehead atoms. The summed E-state index contributed by atoms with van der Waals surface area (Å²) in [4.78, 5) is 31.5. The van der Waals surface area contributed by atoms with E-state index in [1.165, 1.54) is 4.88 Å². The second-order valence-corrected chi connectivity index (χ2v) is 9.15. The molecule has 5 nitrogen and oxygen atoms in total. The van der Waals surface area contributed by atoms with Crippen LogP contribution >= 0.6 is 11.3 Å². The first kappa shape index (κ1) is 20.1. The molecule has 31 heavy (non-hydrogen) atoms. The summed E-state index contributed by atoms with van der Waals surface area (Å²) < 4.78 is 5.79. The van der Waals surface area contributed by atoms with Gasteiger partial charge in [0.15, 0.2) is 0 Å². The molecule has 2 aromatic carbocycles. The van der Waals surface area contributed by atoms with E-state index in [0.29, 0.717) is 50.0 Å². The predicted octanol–water partition coefficient (Wildman–Crippen LogP) is 4.39. The second kappa shape index (κ2) is 8.35. The third kappa shape index (κ3) is 3.81. The first-order valence-corrected chi connectivity index (χ1v) is 11.8. The number of fused-ring (bicyclic) bond motifs is 1. The minimum Gasteiger partial charge on any atom is -0.493 e. The van der Waals surface area contributed by atoms with E-state index < -0.39 is 0 Å². The van der Waals surface area contributed by atoms with E-state index in [9.17, 15) is 9.59 Å². The SMILES string of the molecule is CCOc1ccc2ccccc2c1C(=O)N1CCN(C(=O)C2CC2c2cccs2)CC1. The largest absolute Gasteiger partial charge is 0.493 e. The third-order valence-corrected chi connectivity index (χ3v) is 7.30. The van der Waals surface area contributed by atoms with Crippen LogP contribution in [0, 0.1) is 5.92 Å². The number of nitrogens with zero attached hydrogens (tertiary/aromatic N) is 2. The van der Waals surface area contributed by atoms with Crippen LogP contribution in [0.2, 0.25) is 0 Å². The molecule has 2 amide bonds. The lowest BCUT2D eigenvalue weighted by atomic mass is 10.0. The molecule has 0 radical (unpaired) electrons. The molecule has 6 heteroatoms. The van der Waals surface area contributed by atoms with Gasteiger partial charge in [-0.1, -0.05) is 36.4 Å². The maximum Gasteiger partial charge on any atom is 0.258 e. The number of rotatable bonds is 5. The summed E-state index contributed by atoms with van der Waals surface area (Å²) in [5, 5.41) is 4.01. The second-order valence-electron chi connectivity index (χ2n) is 8.17. The number of thiophene rings is 1. The van der Waals surface area contributed by atoms with E-state index in [-0.39, 0.29) is 17.7 Å². The van der Waals surface area contributed by atoms with Crippen molar-refractivity contribution in [2.45, 2.75) is 19.3 Å². The molecule has 0 spiro atoms. The van der Waals surface area contributed by atoms with Crippen LogP contribution in [0.15, 0.2) is 53.9 Å². The van der Waals surface area contributed by atoms with Crippen LogP contribution in [0.3, 0.4) is 0 Å². The molecule has 1 aromatic heterocycles. The molecular weight excluding hydrogens is 408 g/mol. The molecule has 2 unspecified atom stereocenters. The molecule has 3 aromatic rings. The Kier molecular flexibility index (Phi) is 5.40. The summed E-state index contributed by atoms with van der Waals surface area (Å²) in [6.45, 7) is 4.72. The van der Waals surface area contributed by atoms with E-state index in [1.807, 2.05) is 59.2 Å². The molecule has 1 saturated heterocycles.